The Kier molecular flexibility index (Phi) is 3.02. The number of benzene rings is 1. The molecule has 0 amide bonds. The van der Waals surface area contributed by atoms with Gasteiger partial charge in [-0.3, -0.25) is 5.10 Å². The summed E-state index contributed by atoms with van der Waals surface area (Å²) in [5.74, 6) is -1.24. The minimum absolute atomic E-state index is 0.264. The molecular weight excluding hydrogens is 260 g/mol. The van der Waals surface area contributed by atoms with Gasteiger partial charge in [0.2, 0.25) is 0 Å². The highest BCUT2D eigenvalue weighted by Gasteiger charge is 2.10. The van der Waals surface area contributed by atoms with Gasteiger partial charge >= 0.3 is 0 Å². The Morgan fingerprint density at radius 2 is 1.75 bits per heavy atom. The van der Waals surface area contributed by atoms with E-state index in [-0.39, 0.29) is 5.56 Å². The number of hydrogen-bond donors (Lipinski definition) is 1. The summed E-state index contributed by atoms with van der Waals surface area (Å²) in [5.41, 5.74) is 2.95. The van der Waals surface area contributed by atoms with Crippen LogP contribution in [0.4, 0.5) is 8.78 Å². The summed E-state index contributed by atoms with van der Waals surface area (Å²) < 4.78 is 26.7. The number of aromatic nitrogens is 3. The second-order valence-electron chi connectivity index (χ2n) is 4.47. The number of rotatable bonds is 2. The summed E-state index contributed by atoms with van der Waals surface area (Å²) >= 11 is 0. The molecule has 1 N–H and O–H groups in total. The SMILES string of the molecule is Cc1cc(-c2cccc(-c3ccc(F)cc3F)n2)n[nH]1. The molecule has 3 rings (SSSR count). The summed E-state index contributed by atoms with van der Waals surface area (Å²) in [5, 5.41) is 6.95. The van der Waals surface area contributed by atoms with Crippen molar-refractivity contribution in [1.29, 1.82) is 0 Å². The Bertz CT molecular complexity index is 765. The van der Waals surface area contributed by atoms with Gasteiger partial charge in [0.05, 0.1) is 11.4 Å². The minimum atomic E-state index is -0.632. The van der Waals surface area contributed by atoms with E-state index < -0.39 is 11.6 Å². The molecule has 0 bridgehead atoms. The molecule has 0 aliphatic carbocycles. The first-order chi connectivity index (χ1) is 9.63. The number of aryl methyl sites for hydroxylation is 1. The maximum absolute atomic E-state index is 13.8. The minimum Gasteiger partial charge on any atom is -0.282 e. The Morgan fingerprint density at radius 3 is 2.45 bits per heavy atom. The van der Waals surface area contributed by atoms with Crippen molar-refractivity contribution in [3.05, 3.63) is 59.8 Å². The monoisotopic (exact) mass is 271 g/mol. The number of nitrogens with one attached hydrogen (secondary N) is 1. The number of pyridine rings is 1. The van der Waals surface area contributed by atoms with E-state index in [1.54, 1.807) is 18.2 Å². The predicted molar refractivity (Wildman–Crippen MR) is 71.9 cm³/mol. The topological polar surface area (TPSA) is 41.6 Å². The summed E-state index contributed by atoms with van der Waals surface area (Å²) in [4.78, 5) is 4.37. The summed E-state index contributed by atoms with van der Waals surface area (Å²) in [7, 11) is 0. The van der Waals surface area contributed by atoms with Crippen LogP contribution in [0.3, 0.4) is 0 Å². The first-order valence-corrected chi connectivity index (χ1v) is 6.08. The molecule has 0 spiro atoms. The van der Waals surface area contributed by atoms with Crippen LogP contribution in [0.2, 0.25) is 0 Å². The fourth-order valence-electron chi connectivity index (χ4n) is 1.97. The van der Waals surface area contributed by atoms with Crippen molar-refractivity contribution >= 4 is 0 Å². The van der Waals surface area contributed by atoms with Gasteiger partial charge in [-0.05, 0) is 37.3 Å². The molecule has 20 heavy (non-hydrogen) atoms. The maximum Gasteiger partial charge on any atom is 0.135 e. The third kappa shape index (κ3) is 2.30. The van der Waals surface area contributed by atoms with Gasteiger partial charge in [0.1, 0.15) is 17.3 Å². The Labute approximate surface area is 114 Å². The molecule has 0 saturated carbocycles. The predicted octanol–water partition coefficient (Wildman–Crippen LogP) is 3.73. The van der Waals surface area contributed by atoms with Gasteiger partial charge in [-0.2, -0.15) is 5.10 Å². The number of H-pyrrole nitrogens is 1. The van der Waals surface area contributed by atoms with Crippen molar-refractivity contribution < 1.29 is 8.78 Å². The molecule has 0 saturated heterocycles. The van der Waals surface area contributed by atoms with Gasteiger partial charge in [0.15, 0.2) is 0 Å². The maximum atomic E-state index is 13.8. The molecule has 0 atom stereocenters. The summed E-state index contributed by atoms with van der Waals surface area (Å²) in [6.45, 7) is 1.89. The van der Waals surface area contributed by atoms with Crippen LogP contribution in [-0.2, 0) is 0 Å². The Balaban J connectivity index is 2.07. The van der Waals surface area contributed by atoms with Crippen LogP contribution < -0.4 is 0 Å². The molecule has 0 aliphatic heterocycles. The van der Waals surface area contributed by atoms with Gasteiger partial charge in [0.25, 0.3) is 0 Å². The Hall–Kier alpha value is -2.56. The fraction of sp³-hybridized carbons (Fsp3) is 0.0667. The largest absolute Gasteiger partial charge is 0.282 e. The van der Waals surface area contributed by atoms with Crippen molar-refractivity contribution in [3.8, 4) is 22.6 Å². The zero-order chi connectivity index (χ0) is 14.1. The second kappa shape index (κ2) is 4.85. The number of hydrogen-bond acceptors (Lipinski definition) is 2. The molecular formula is C15H11F2N3. The molecule has 3 nitrogen and oxygen atoms in total. The van der Waals surface area contributed by atoms with Crippen molar-refractivity contribution in [3.63, 3.8) is 0 Å². The lowest BCUT2D eigenvalue weighted by atomic mass is 10.1. The highest BCUT2D eigenvalue weighted by Crippen LogP contribution is 2.24. The van der Waals surface area contributed by atoms with Crippen LogP contribution in [0.15, 0.2) is 42.5 Å². The zero-order valence-corrected chi connectivity index (χ0v) is 10.7. The first kappa shape index (κ1) is 12.5. The van der Waals surface area contributed by atoms with E-state index in [1.807, 2.05) is 13.0 Å². The van der Waals surface area contributed by atoms with E-state index in [0.29, 0.717) is 17.1 Å². The number of nitrogens with zero attached hydrogens (tertiary/aromatic N) is 2. The van der Waals surface area contributed by atoms with Gasteiger partial charge in [-0.25, -0.2) is 13.8 Å². The van der Waals surface area contributed by atoms with Gasteiger partial charge in [0, 0.05) is 17.3 Å². The standard InChI is InChI=1S/C15H11F2N3/c1-9-7-15(20-19-9)14-4-2-3-13(18-14)11-6-5-10(16)8-12(11)17/h2-8H,1H3,(H,19,20). The molecule has 2 aromatic heterocycles. The molecule has 100 valence electrons. The molecule has 0 radical (unpaired) electrons. The highest BCUT2D eigenvalue weighted by molar-refractivity contribution is 5.64. The van der Waals surface area contributed by atoms with Crippen molar-refractivity contribution in [2.75, 3.05) is 0 Å². The van der Waals surface area contributed by atoms with Gasteiger partial charge in [-0.15, -0.1) is 0 Å². The zero-order valence-electron chi connectivity index (χ0n) is 10.7. The third-order valence-corrected chi connectivity index (χ3v) is 2.92. The normalized spacial score (nSPS) is 10.8. The molecule has 3 aromatic rings. The van der Waals surface area contributed by atoms with E-state index in [1.165, 1.54) is 12.1 Å². The van der Waals surface area contributed by atoms with Crippen LogP contribution in [0.5, 0.6) is 0 Å². The summed E-state index contributed by atoms with van der Waals surface area (Å²) in [6, 6.07) is 10.5. The third-order valence-electron chi connectivity index (χ3n) is 2.92. The van der Waals surface area contributed by atoms with E-state index in [0.717, 1.165) is 11.8 Å². The van der Waals surface area contributed by atoms with Crippen molar-refractivity contribution in [1.82, 2.24) is 15.2 Å². The second-order valence-corrected chi connectivity index (χ2v) is 4.47. The van der Waals surface area contributed by atoms with Crippen LogP contribution in [0.25, 0.3) is 22.6 Å². The quantitative estimate of drug-likeness (QED) is 0.771. The molecule has 0 unspecified atom stereocenters. The highest BCUT2D eigenvalue weighted by atomic mass is 19.1. The van der Waals surface area contributed by atoms with Crippen LogP contribution in [-0.4, -0.2) is 15.2 Å². The molecule has 0 fully saturated rings. The average molecular weight is 271 g/mol. The smallest absolute Gasteiger partial charge is 0.135 e. The Morgan fingerprint density at radius 1 is 0.950 bits per heavy atom. The van der Waals surface area contributed by atoms with Crippen molar-refractivity contribution in [2.45, 2.75) is 6.92 Å². The first-order valence-electron chi connectivity index (χ1n) is 6.08. The van der Waals surface area contributed by atoms with E-state index in [9.17, 15) is 8.78 Å². The average Bonchev–Trinajstić information content (AvgIpc) is 2.86. The van der Waals surface area contributed by atoms with E-state index in [2.05, 4.69) is 15.2 Å². The summed E-state index contributed by atoms with van der Waals surface area (Å²) in [6.07, 6.45) is 0. The molecule has 5 heteroatoms. The number of aromatic amines is 1. The molecule has 0 aliphatic rings. The van der Waals surface area contributed by atoms with Crippen LogP contribution in [0, 0.1) is 18.6 Å². The fourth-order valence-corrected chi connectivity index (χ4v) is 1.97. The van der Waals surface area contributed by atoms with Crippen LogP contribution >= 0.6 is 0 Å². The van der Waals surface area contributed by atoms with Crippen LogP contribution in [0.1, 0.15) is 5.69 Å². The number of halogens is 2. The lowest BCUT2D eigenvalue weighted by Gasteiger charge is -2.04. The van der Waals surface area contributed by atoms with Gasteiger partial charge < -0.3 is 0 Å². The lowest BCUT2D eigenvalue weighted by molar-refractivity contribution is 0.585. The van der Waals surface area contributed by atoms with E-state index >= 15 is 0 Å². The van der Waals surface area contributed by atoms with Crippen molar-refractivity contribution in [2.24, 2.45) is 0 Å². The molecule has 2 heterocycles. The molecule has 1 aromatic carbocycles. The van der Waals surface area contributed by atoms with Gasteiger partial charge in [-0.1, -0.05) is 6.07 Å². The lowest BCUT2D eigenvalue weighted by Crippen LogP contribution is -1.91. The van der Waals surface area contributed by atoms with E-state index in [4.69, 9.17) is 0 Å².